The summed E-state index contributed by atoms with van der Waals surface area (Å²) in [5.74, 6) is -1.65. The van der Waals surface area contributed by atoms with E-state index in [1.807, 2.05) is 0 Å². The highest BCUT2D eigenvalue weighted by atomic mass is 35.5. The minimum atomic E-state index is -1.01. The Morgan fingerprint density at radius 1 is 1.25 bits per heavy atom. The van der Waals surface area contributed by atoms with Crippen LogP contribution in [0.1, 0.15) is 51.7 Å². The van der Waals surface area contributed by atoms with Crippen LogP contribution in [0, 0.1) is 6.92 Å². The second-order valence-electron chi connectivity index (χ2n) is 5.40. The number of benzene rings is 1. The van der Waals surface area contributed by atoms with Gasteiger partial charge in [-0.3, -0.25) is 4.79 Å². The van der Waals surface area contributed by atoms with E-state index in [0.29, 0.717) is 20.7 Å². The molecule has 0 fully saturated rings. The number of nitrogens with zero attached hydrogens (tertiary/aromatic N) is 1. The first-order valence-corrected chi connectivity index (χ1v) is 8.74. The van der Waals surface area contributed by atoms with E-state index in [4.69, 9.17) is 28.3 Å². The molecule has 0 aliphatic rings. The average molecular weight is 387 g/mol. The molecule has 0 aliphatic heterocycles. The molecular weight excluding hydrogens is 371 g/mol. The second-order valence-corrected chi connectivity index (χ2v) is 7.24. The fourth-order valence-corrected chi connectivity index (χ4v) is 3.35. The van der Waals surface area contributed by atoms with E-state index >= 15 is 0 Å². The van der Waals surface area contributed by atoms with Gasteiger partial charge in [0.05, 0.1) is 27.7 Å². The number of carboxylic acid groups (broad SMARTS) is 1. The van der Waals surface area contributed by atoms with Crippen molar-refractivity contribution in [2.24, 2.45) is 0 Å². The Kier molecular flexibility index (Phi) is 5.85. The molecule has 0 bridgehead atoms. The summed E-state index contributed by atoms with van der Waals surface area (Å²) in [6.07, 6.45) is 0. The summed E-state index contributed by atoms with van der Waals surface area (Å²) in [5.41, 5.74) is 1.19. The predicted molar refractivity (Wildman–Crippen MR) is 95.2 cm³/mol. The Bertz CT molecular complexity index is 792. The monoisotopic (exact) mass is 386 g/mol. The quantitative estimate of drug-likeness (QED) is 0.795. The molecule has 1 aromatic carbocycles. The third-order valence-corrected chi connectivity index (χ3v) is 5.64. The van der Waals surface area contributed by atoms with Crippen molar-refractivity contribution in [3.8, 4) is 0 Å². The molecule has 0 saturated heterocycles. The predicted octanol–water partition coefficient (Wildman–Crippen LogP) is 4.44. The summed E-state index contributed by atoms with van der Waals surface area (Å²) >= 11 is 12.9. The van der Waals surface area contributed by atoms with E-state index in [-0.39, 0.29) is 16.8 Å². The van der Waals surface area contributed by atoms with Crippen LogP contribution in [0.2, 0.25) is 10.0 Å². The van der Waals surface area contributed by atoms with Crippen LogP contribution in [-0.2, 0) is 4.79 Å². The molecule has 0 saturated carbocycles. The number of thiazole rings is 1. The molecule has 2 atom stereocenters. The van der Waals surface area contributed by atoms with Gasteiger partial charge in [0.25, 0.3) is 0 Å². The smallest absolute Gasteiger partial charge is 0.347 e. The van der Waals surface area contributed by atoms with Crippen molar-refractivity contribution in [1.29, 1.82) is 0 Å². The van der Waals surface area contributed by atoms with Crippen LogP contribution in [0.3, 0.4) is 0 Å². The van der Waals surface area contributed by atoms with Crippen molar-refractivity contribution in [2.45, 2.75) is 32.7 Å². The Labute approximate surface area is 153 Å². The number of amides is 1. The maximum atomic E-state index is 12.4. The number of nitrogens with one attached hydrogen (secondary N) is 1. The van der Waals surface area contributed by atoms with Crippen molar-refractivity contribution in [3.05, 3.63) is 49.4 Å². The Balaban J connectivity index is 2.11. The van der Waals surface area contributed by atoms with Gasteiger partial charge in [-0.2, -0.15) is 0 Å². The van der Waals surface area contributed by atoms with Crippen LogP contribution in [0.5, 0.6) is 0 Å². The number of hydrogen-bond donors (Lipinski definition) is 2. The lowest BCUT2D eigenvalue weighted by Crippen LogP contribution is -2.30. The van der Waals surface area contributed by atoms with Crippen molar-refractivity contribution >= 4 is 46.4 Å². The van der Waals surface area contributed by atoms with E-state index < -0.39 is 11.9 Å². The minimum absolute atomic E-state index is 0.184. The van der Waals surface area contributed by atoms with Gasteiger partial charge in [-0.1, -0.05) is 29.3 Å². The summed E-state index contributed by atoms with van der Waals surface area (Å²) in [4.78, 5) is 27.9. The number of hydrogen-bond acceptors (Lipinski definition) is 4. The first kappa shape index (κ1) is 18.7. The molecule has 1 amide bonds. The molecule has 2 rings (SSSR count). The van der Waals surface area contributed by atoms with Crippen LogP contribution in [0.15, 0.2) is 18.2 Å². The van der Waals surface area contributed by atoms with Crippen molar-refractivity contribution in [1.82, 2.24) is 10.3 Å². The van der Waals surface area contributed by atoms with Crippen LogP contribution in [0.25, 0.3) is 0 Å². The molecule has 2 aromatic rings. The van der Waals surface area contributed by atoms with Crippen molar-refractivity contribution in [2.75, 3.05) is 0 Å². The Morgan fingerprint density at radius 2 is 1.92 bits per heavy atom. The molecule has 0 spiro atoms. The summed E-state index contributed by atoms with van der Waals surface area (Å²) in [7, 11) is 0. The summed E-state index contributed by atoms with van der Waals surface area (Å²) in [5, 5.41) is 13.3. The van der Waals surface area contributed by atoms with Gasteiger partial charge >= 0.3 is 5.97 Å². The van der Waals surface area contributed by atoms with Gasteiger partial charge < -0.3 is 10.4 Å². The highest BCUT2D eigenvalue weighted by Gasteiger charge is 2.22. The number of carboxylic acids is 1. The van der Waals surface area contributed by atoms with Gasteiger partial charge in [-0.25, -0.2) is 9.78 Å². The molecule has 5 nitrogen and oxygen atoms in total. The number of rotatable bonds is 5. The first-order chi connectivity index (χ1) is 11.2. The molecule has 2 N–H and O–H groups in total. The van der Waals surface area contributed by atoms with E-state index in [2.05, 4.69) is 10.3 Å². The van der Waals surface area contributed by atoms with E-state index in [1.165, 1.54) is 0 Å². The van der Waals surface area contributed by atoms with E-state index in [1.54, 1.807) is 39.0 Å². The number of carbonyl (C=O) groups excluding carboxylic acids is 1. The fourth-order valence-electron chi connectivity index (χ4n) is 2.13. The van der Waals surface area contributed by atoms with Crippen LogP contribution >= 0.6 is 34.5 Å². The van der Waals surface area contributed by atoms with Gasteiger partial charge in [0.2, 0.25) is 5.91 Å². The molecule has 2 unspecified atom stereocenters. The Morgan fingerprint density at radius 3 is 2.46 bits per heavy atom. The zero-order valence-electron chi connectivity index (χ0n) is 13.3. The molecule has 8 heteroatoms. The molecule has 128 valence electrons. The number of carbonyl (C=O) groups is 2. The maximum Gasteiger partial charge on any atom is 0.347 e. The second kappa shape index (κ2) is 7.51. The largest absolute Gasteiger partial charge is 0.477 e. The van der Waals surface area contributed by atoms with Gasteiger partial charge in [0.15, 0.2) is 0 Å². The van der Waals surface area contributed by atoms with Gasteiger partial charge in [0.1, 0.15) is 9.88 Å². The molecule has 1 heterocycles. The van der Waals surface area contributed by atoms with Crippen LogP contribution < -0.4 is 5.32 Å². The zero-order chi connectivity index (χ0) is 18.0. The lowest BCUT2D eigenvalue weighted by atomic mass is 10.00. The molecule has 24 heavy (non-hydrogen) atoms. The molecule has 0 radical (unpaired) electrons. The number of aryl methyl sites for hydroxylation is 1. The van der Waals surface area contributed by atoms with E-state index in [9.17, 15) is 9.59 Å². The van der Waals surface area contributed by atoms with Gasteiger partial charge in [-0.15, -0.1) is 11.3 Å². The van der Waals surface area contributed by atoms with E-state index in [0.717, 1.165) is 16.9 Å². The molecular formula is C16H16Cl2N2O3S. The standard InChI is InChI=1S/C16H16Cl2N2O3S/c1-7(10-4-5-11(17)12(18)6-10)14(21)19-9(3)15-20-8(2)13(24-15)16(22)23/h4-7,9H,1-3H3,(H,19,21)(H,22,23). The third kappa shape index (κ3) is 4.06. The lowest BCUT2D eigenvalue weighted by molar-refractivity contribution is -0.122. The van der Waals surface area contributed by atoms with Crippen molar-refractivity contribution < 1.29 is 14.7 Å². The Hall–Kier alpha value is -1.63. The van der Waals surface area contributed by atoms with Crippen molar-refractivity contribution in [3.63, 3.8) is 0 Å². The SMILES string of the molecule is Cc1nc(C(C)NC(=O)C(C)c2ccc(Cl)c(Cl)c2)sc1C(=O)O. The van der Waals surface area contributed by atoms with Crippen LogP contribution in [0.4, 0.5) is 0 Å². The summed E-state index contributed by atoms with van der Waals surface area (Å²) in [6, 6.07) is 4.67. The fraction of sp³-hybridized carbons (Fsp3) is 0.312. The first-order valence-electron chi connectivity index (χ1n) is 7.16. The topological polar surface area (TPSA) is 79.3 Å². The minimum Gasteiger partial charge on any atom is -0.477 e. The third-order valence-electron chi connectivity index (χ3n) is 3.57. The van der Waals surface area contributed by atoms with Gasteiger partial charge in [-0.05, 0) is 38.5 Å². The highest BCUT2D eigenvalue weighted by molar-refractivity contribution is 7.13. The zero-order valence-corrected chi connectivity index (χ0v) is 15.6. The maximum absolute atomic E-state index is 12.4. The highest BCUT2D eigenvalue weighted by Crippen LogP contribution is 2.28. The molecule has 0 aliphatic carbocycles. The summed E-state index contributed by atoms with van der Waals surface area (Å²) in [6.45, 7) is 5.16. The van der Waals surface area contributed by atoms with Gasteiger partial charge in [0, 0.05) is 0 Å². The number of aromatic nitrogens is 1. The lowest BCUT2D eigenvalue weighted by Gasteiger charge is -2.16. The summed E-state index contributed by atoms with van der Waals surface area (Å²) < 4.78 is 0. The average Bonchev–Trinajstić information content (AvgIpc) is 2.91. The molecule has 1 aromatic heterocycles. The normalized spacial score (nSPS) is 13.4. The number of aromatic carboxylic acids is 1. The van der Waals surface area contributed by atoms with Crippen LogP contribution in [-0.4, -0.2) is 22.0 Å². The number of halogens is 2.